The van der Waals surface area contributed by atoms with Gasteiger partial charge in [-0.2, -0.15) is 0 Å². The van der Waals surface area contributed by atoms with Crippen LogP contribution in [0.25, 0.3) is 0 Å². The zero-order chi connectivity index (χ0) is 20.5. The third kappa shape index (κ3) is 6.44. The average molecular weight is 404 g/mol. The Labute approximate surface area is 173 Å². The maximum Gasteiger partial charge on any atom is 0.243 e. The van der Waals surface area contributed by atoms with E-state index < -0.39 is 6.04 Å². The number of benzene rings is 1. The topological polar surface area (TPSA) is 71.1 Å². The number of nitrogens with zero attached hydrogens (tertiary/aromatic N) is 2. The van der Waals surface area contributed by atoms with Gasteiger partial charge in [-0.15, -0.1) is 0 Å². The Morgan fingerprint density at radius 3 is 2.52 bits per heavy atom. The third-order valence-electron chi connectivity index (χ3n) is 5.59. The molecule has 0 aliphatic carbocycles. The van der Waals surface area contributed by atoms with Gasteiger partial charge in [0.1, 0.15) is 17.9 Å². The van der Waals surface area contributed by atoms with Gasteiger partial charge in [0.15, 0.2) is 0 Å². The Kier molecular flexibility index (Phi) is 8.31. The molecule has 2 atom stereocenters. The Bertz CT molecular complexity index is 647. The SMILES string of the molecule is COCCNC(=O)C1CC(Oc2ccccc2)CN1C(=O)CN1CCCCCC1. The molecule has 7 heteroatoms. The predicted octanol–water partition coefficient (Wildman–Crippen LogP) is 1.67. The lowest BCUT2D eigenvalue weighted by molar-refractivity contribution is -0.139. The van der Waals surface area contributed by atoms with Gasteiger partial charge < -0.3 is 19.7 Å². The summed E-state index contributed by atoms with van der Waals surface area (Å²) >= 11 is 0. The van der Waals surface area contributed by atoms with Gasteiger partial charge in [0, 0.05) is 20.1 Å². The maximum atomic E-state index is 13.1. The molecular formula is C22H33N3O4. The fraction of sp³-hybridized carbons (Fsp3) is 0.636. The number of methoxy groups -OCH3 is 1. The van der Waals surface area contributed by atoms with Crippen LogP contribution in [0, 0.1) is 0 Å². The highest BCUT2D eigenvalue weighted by atomic mass is 16.5. The van der Waals surface area contributed by atoms with Crippen LogP contribution in [-0.2, 0) is 14.3 Å². The minimum Gasteiger partial charge on any atom is -0.488 e. The highest BCUT2D eigenvalue weighted by Crippen LogP contribution is 2.24. The lowest BCUT2D eigenvalue weighted by Crippen LogP contribution is -2.49. The van der Waals surface area contributed by atoms with Crippen molar-refractivity contribution in [1.29, 1.82) is 0 Å². The lowest BCUT2D eigenvalue weighted by atomic mass is 10.2. The van der Waals surface area contributed by atoms with Crippen LogP contribution in [0.5, 0.6) is 5.75 Å². The minimum atomic E-state index is -0.500. The molecule has 7 nitrogen and oxygen atoms in total. The predicted molar refractivity (Wildman–Crippen MR) is 111 cm³/mol. The van der Waals surface area contributed by atoms with Gasteiger partial charge in [0.05, 0.1) is 19.7 Å². The van der Waals surface area contributed by atoms with E-state index in [-0.39, 0.29) is 17.9 Å². The van der Waals surface area contributed by atoms with Crippen LogP contribution in [0.4, 0.5) is 0 Å². The van der Waals surface area contributed by atoms with E-state index in [0.717, 1.165) is 31.7 Å². The van der Waals surface area contributed by atoms with Crippen LogP contribution in [0.2, 0.25) is 0 Å². The van der Waals surface area contributed by atoms with E-state index in [2.05, 4.69) is 10.2 Å². The Hall–Kier alpha value is -2.12. The van der Waals surface area contributed by atoms with Crippen molar-refractivity contribution in [2.75, 3.05) is 46.4 Å². The third-order valence-corrected chi connectivity index (χ3v) is 5.59. The highest BCUT2D eigenvalue weighted by Gasteiger charge is 2.40. The standard InChI is InChI=1S/C22H33N3O4/c1-28-14-11-23-22(27)20-15-19(29-18-9-5-4-6-10-18)16-25(20)21(26)17-24-12-7-2-3-8-13-24/h4-6,9-10,19-20H,2-3,7-8,11-17H2,1H3,(H,23,27). The van der Waals surface area contributed by atoms with E-state index in [9.17, 15) is 9.59 Å². The zero-order valence-electron chi connectivity index (χ0n) is 17.3. The van der Waals surface area contributed by atoms with Crippen molar-refractivity contribution >= 4 is 11.8 Å². The van der Waals surface area contributed by atoms with Crippen LogP contribution >= 0.6 is 0 Å². The molecular weight excluding hydrogens is 370 g/mol. The minimum absolute atomic E-state index is 0.0120. The first-order chi connectivity index (χ1) is 14.2. The van der Waals surface area contributed by atoms with Gasteiger partial charge in [-0.25, -0.2) is 0 Å². The van der Waals surface area contributed by atoms with E-state index in [0.29, 0.717) is 32.7 Å². The summed E-state index contributed by atoms with van der Waals surface area (Å²) in [5, 5.41) is 2.88. The summed E-state index contributed by atoms with van der Waals surface area (Å²) in [7, 11) is 1.60. The summed E-state index contributed by atoms with van der Waals surface area (Å²) in [6, 6.07) is 9.07. The number of para-hydroxylation sites is 1. The molecule has 2 heterocycles. The molecule has 2 saturated heterocycles. The van der Waals surface area contributed by atoms with Gasteiger partial charge in [0.25, 0.3) is 0 Å². The van der Waals surface area contributed by atoms with Gasteiger partial charge in [-0.05, 0) is 38.1 Å². The van der Waals surface area contributed by atoms with E-state index in [4.69, 9.17) is 9.47 Å². The quantitative estimate of drug-likeness (QED) is 0.669. The maximum absolute atomic E-state index is 13.1. The summed E-state index contributed by atoms with van der Waals surface area (Å²) in [4.78, 5) is 29.8. The molecule has 0 radical (unpaired) electrons. The van der Waals surface area contributed by atoms with Crippen molar-refractivity contribution in [1.82, 2.24) is 15.1 Å². The number of ether oxygens (including phenoxy) is 2. The molecule has 2 aliphatic heterocycles. The van der Waals surface area contributed by atoms with Crippen LogP contribution in [0.3, 0.4) is 0 Å². The molecule has 3 rings (SSSR count). The van der Waals surface area contributed by atoms with Crippen molar-refractivity contribution in [3.63, 3.8) is 0 Å². The molecule has 2 amide bonds. The molecule has 2 unspecified atom stereocenters. The number of nitrogens with one attached hydrogen (secondary N) is 1. The Morgan fingerprint density at radius 1 is 1.10 bits per heavy atom. The molecule has 0 bridgehead atoms. The molecule has 1 aromatic carbocycles. The lowest BCUT2D eigenvalue weighted by Gasteiger charge is -2.27. The van der Waals surface area contributed by atoms with E-state index in [1.807, 2.05) is 30.3 Å². The number of hydrogen-bond acceptors (Lipinski definition) is 5. The van der Waals surface area contributed by atoms with Crippen molar-refractivity contribution < 1.29 is 19.1 Å². The fourth-order valence-electron chi connectivity index (χ4n) is 4.07. The Balaban J connectivity index is 1.64. The zero-order valence-corrected chi connectivity index (χ0v) is 17.3. The van der Waals surface area contributed by atoms with Gasteiger partial charge in [-0.3, -0.25) is 14.5 Å². The monoisotopic (exact) mass is 403 g/mol. The summed E-state index contributed by atoms with van der Waals surface area (Å²) in [6.45, 7) is 3.60. The number of carbonyl (C=O) groups is 2. The molecule has 2 fully saturated rings. The number of hydrogen-bond donors (Lipinski definition) is 1. The molecule has 29 heavy (non-hydrogen) atoms. The van der Waals surface area contributed by atoms with Crippen LogP contribution in [0.1, 0.15) is 32.1 Å². The Morgan fingerprint density at radius 2 is 1.83 bits per heavy atom. The second-order valence-electron chi connectivity index (χ2n) is 7.82. The number of rotatable bonds is 8. The largest absolute Gasteiger partial charge is 0.488 e. The van der Waals surface area contributed by atoms with Crippen molar-refractivity contribution in [2.24, 2.45) is 0 Å². The summed E-state index contributed by atoms with van der Waals surface area (Å²) < 4.78 is 11.1. The van der Waals surface area contributed by atoms with Crippen LogP contribution in [-0.4, -0.2) is 80.2 Å². The van der Waals surface area contributed by atoms with Crippen molar-refractivity contribution in [2.45, 2.75) is 44.2 Å². The molecule has 160 valence electrons. The smallest absolute Gasteiger partial charge is 0.243 e. The molecule has 1 N–H and O–H groups in total. The average Bonchev–Trinajstić information content (AvgIpc) is 2.98. The first-order valence-corrected chi connectivity index (χ1v) is 10.7. The summed E-state index contributed by atoms with van der Waals surface area (Å²) in [6.07, 6.45) is 5.03. The van der Waals surface area contributed by atoms with E-state index >= 15 is 0 Å². The van der Waals surface area contributed by atoms with E-state index in [1.165, 1.54) is 12.8 Å². The number of carbonyl (C=O) groups excluding carboxylic acids is 2. The summed E-state index contributed by atoms with van der Waals surface area (Å²) in [5.74, 6) is 0.640. The number of amides is 2. The second-order valence-corrected chi connectivity index (χ2v) is 7.82. The number of likely N-dealkylation sites (tertiary alicyclic amines) is 2. The molecule has 0 spiro atoms. The normalized spacial score (nSPS) is 22.9. The second kappa shape index (κ2) is 11.2. The van der Waals surface area contributed by atoms with Gasteiger partial charge in [-0.1, -0.05) is 31.0 Å². The van der Waals surface area contributed by atoms with Gasteiger partial charge in [0.2, 0.25) is 11.8 Å². The highest BCUT2D eigenvalue weighted by molar-refractivity contribution is 5.89. The molecule has 2 aliphatic rings. The van der Waals surface area contributed by atoms with Crippen molar-refractivity contribution in [3.05, 3.63) is 30.3 Å². The summed E-state index contributed by atoms with van der Waals surface area (Å²) in [5.41, 5.74) is 0. The van der Waals surface area contributed by atoms with Crippen molar-refractivity contribution in [3.8, 4) is 5.75 Å². The van der Waals surface area contributed by atoms with Gasteiger partial charge >= 0.3 is 0 Å². The first kappa shape index (κ1) is 21.6. The van der Waals surface area contributed by atoms with Crippen LogP contribution < -0.4 is 10.1 Å². The molecule has 0 saturated carbocycles. The first-order valence-electron chi connectivity index (χ1n) is 10.7. The van der Waals surface area contributed by atoms with Crippen LogP contribution in [0.15, 0.2) is 30.3 Å². The fourth-order valence-corrected chi connectivity index (χ4v) is 4.07. The molecule has 0 aromatic heterocycles. The molecule has 1 aromatic rings. The van der Waals surface area contributed by atoms with E-state index in [1.54, 1.807) is 12.0 Å².